The van der Waals surface area contributed by atoms with Gasteiger partial charge in [0.1, 0.15) is 0 Å². The van der Waals surface area contributed by atoms with Gasteiger partial charge in [0, 0.05) is 37.4 Å². The molecular formula is C22H33N3O2. The van der Waals surface area contributed by atoms with Crippen molar-refractivity contribution in [1.82, 2.24) is 9.80 Å². The zero-order valence-corrected chi connectivity index (χ0v) is 16.6. The van der Waals surface area contributed by atoms with E-state index in [4.69, 9.17) is 4.74 Å². The number of carbonyl (C=O) groups excluding carboxylic acids is 1. The number of likely N-dealkylation sites (tertiary alicyclic amines) is 1. The van der Waals surface area contributed by atoms with Crippen molar-refractivity contribution >= 4 is 11.7 Å². The van der Waals surface area contributed by atoms with E-state index >= 15 is 0 Å². The number of rotatable bonds is 6. The van der Waals surface area contributed by atoms with Crippen molar-refractivity contribution in [1.29, 1.82) is 0 Å². The van der Waals surface area contributed by atoms with E-state index in [1.807, 2.05) is 29.2 Å². The smallest absolute Gasteiger partial charge is 0.321 e. The van der Waals surface area contributed by atoms with Crippen molar-refractivity contribution in [3.8, 4) is 0 Å². The number of allylic oxidation sites excluding steroid dienone is 1. The number of hydrogen-bond acceptors (Lipinski definition) is 3. The molecule has 0 aromatic heterocycles. The van der Waals surface area contributed by atoms with E-state index in [0.717, 1.165) is 77.2 Å². The fourth-order valence-electron chi connectivity index (χ4n) is 4.37. The van der Waals surface area contributed by atoms with Crippen LogP contribution in [0.3, 0.4) is 0 Å². The zero-order chi connectivity index (χ0) is 19.1. The number of nitrogens with zero attached hydrogens (tertiary/aromatic N) is 2. The van der Waals surface area contributed by atoms with Crippen LogP contribution in [0.2, 0.25) is 0 Å². The number of benzene rings is 1. The molecule has 2 heterocycles. The molecule has 0 saturated carbocycles. The summed E-state index contributed by atoms with van der Waals surface area (Å²) in [5.41, 5.74) is 2.31. The molecule has 2 fully saturated rings. The second kappa shape index (κ2) is 9.38. The molecule has 1 aromatic rings. The fourth-order valence-corrected chi connectivity index (χ4v) is 4.37. The van der Waals surface area contributed by atoms with Crippen LogP contribution in [0.1, 0.15) is 38.2 Å². The third kappa shape index (κ3) is 4.71. The number of piperidine rings is 1. The normalized spacial score (nSPS) is 20.3. The predicted octanol–water partition coefficient (Wildman–Crippen LogP) is 3.91. The summed E-state index contributed by atoms with van der Waals surface area (Å²) in [5.74, 6) is 0. The largest absolute Gasteiger partial charge is 0.379 e. The Morgan fingerprint density at radius 2 is 1.93 bits per heavy atom. The molecule has 2 amide bonds. The lowest BCUT2D eigenvalue weighted by Crippen LogP contribution is -2.59. The van der Waals surface area contributed by atoms with Crippen LogP contribution in [-0.4, -0.2) is 60.8 Å². The molecule has 5 nitrogen and oxygen atoms in total. The van der Waals surface area contributed by atoms with Gasteiger partial charge in [-0.15, -0.1) is 6.58 Å². The Bertz CT molecular complexity index is 632. The highest BCUT2D eigenvalue weighted by atomic mass is 16.5. The quantitative estimate of drug-likeness (QED) is 0.771. The van der Waals surface area contributed by atoms with Gasteiger partial charge >= 0.3 is 6.03 Å². The number of carbonyl (C=O) groups is 1. The summed E-state index contributed by atoms with van der Waals surface area (Å²) < 4.78 is 5.52. The monoisotopic (exact) mass is 371 g/mol. The van der Waals surface area contributed by atoms with Gasteiger partial charge in [0.2, 0.25) is 0 Å². The first-order valence-corrected chi connectivity index (χ1v) is 10.3. The molecule has 0 aliphatic carbocycles. The number of urea groups is 1. The molecule has 1 aromatic carbocycles. The Balaban J connectivity index is 1.59. The molecule has 2 aliphatic heterocycles. The van der Waals surface area contributed by atoms with Crippen molar-refractivity contribution in [2.24, 2.45) is 0 Å². The number of ether oxygens (including phenoxy) is 1. The Morgan fingerprint density at radius 1 is 1.22 bits per heavy atom. The number of morpholine rings is 1. The van der Waals surface area contributed by atoms with E-state index in [2.05, 4.69) is 29.8 Å². The number of para-hydroxylation sites is 1. The average molecular weight is 372 g/mol. The Morgan fingerprint density at radius 3 is 2.59 bits per heavy atom. The van der Waals surface area contributed by atoms with Crippen molar-refractivity contribution < 1.29 is 9.53 Å². The van der Waals surface area contributed by atoms with E-state index in [9.17, 15) is 4.79 Å². The zero-order valence-electron chi connectivity index (χ0n) is 16.6. The maximum absolute atomic E-state index is 12.8. The molecule has 148 valence electrons. The summed E-state index contributed by atoms with van der Waals surface area (Å²) in [6.45, 7) is 11.4. The van der Waals surface area contributed by atoms with Crippen LogP contribution in [0.5, 0.6) is 0 Å². The van der Waals surface area contributed by atoms with Gasteiger partial charge in [0.15, 0.2) is 0 Å². The van der Waals surface area contributed by atoms with Gasteiger partial charge in [0.25, 0.3) is 0 Å². The topological polar surface area (TPSA) is 44.8 Å². The number of hydrogen-bond donors (Lipinski definition) is 1. The Kier molecular flexibility index (Phi) is 6.91. The van der Waals surface area contributed by atoms with Gasteiger partial charge in [-0.2, -0.15) is 0 Å². The second-order valence-electron chi connectivity index (χ2n) is 7.58. The Labute approximate surface area is 163 Å². The molecule has 1 N–H and O–H groups in total. The summed E-state index contributed by atoms with van der Waals surface area (Å²) in [6.07, 6.45) is 6.93. The SMILES string of the molecule is C=CCCc1ccccc1NC(=O)N1CCC(CC)(N2CCOCC2)CC1. The summed E-state index contributed by atoms with van der Waals surface area (Å²) >= 11 is 0. The highest BCUT2D eigenvalue weighted by Crippen LogP contribution is 2.33. The minimum Gasteiger partial charge on any atom is -0.379 e. The number of anilines is 1. The van der Waals surface area contributed by atoms with Gasteiger partial charge < -0.3 is 15.0 Å². The van der Waals surface area contributed by atoms with Crippen LogP contribution >= 0.6 is 0 Å². The van der Waals surface area contributed by atoms with E-state index < -0.39 is 0 Å². The fraction of sp³-hybridized carbons (Fsp3) is 0.591. The number of amides is 2. The minimum atomic E-state index is 0.0210. The van der Waals surface area contributed by atoms with E-state index in [0.29, 0.717) is 0 Å². The summed E-state index contributed by atoms with van der Waals surface area (Å²) in [5, 5.41) is 3.13. The van der Waals surface area contributed by atoms with Gasteiger partial charge in [-0.1, -0.05) is 31.2 Å². The summed E-state index contributed by atoms with van der Waals surface area (Å²) in [6, 6.07) is 8.09. The lowest BCUT2D eigenvalue weighted by Gasteiger charge is -2.49. The molecule has 2 saturated heterocycles. The summed E-state index contributed by atoms with van der Waals surface area (Å²) in [7, 11) is 0. The van der Waals surface area contributed by atoms with Crippen LogP contribution < -0.4 is 5.32 Å². The maximum atomic E-state index is 12.8. The van der Waals surface area contributed by atoms with E-state index in [1.165, 1.54) is 5.56 Å². The molecule has 0 spiro atoms. The van der Waals surface area contributed by atoms with Crippen molar-refractivity contribution in [3.63, 3.8) is 0 Å². The van der Waals surface area contributed by atoms with Gasteiger partial charge in [0.05, 0.1) is 13.2 Å². The first kappa shape index (κ1) is 19.9. The summed E-state index contributed by atoms with van der Waals surface area (Å²) in [4.78, 5) is 17.4. The van der Waals surface area contributed by atoms with Crippen molar-refractivity contribution in [2.75, 3.05) is 44.7 Å². The Hall–Kier alpha value is -1.85. The van der Waals surface area contributed by atoms with Crippen LogP contribution in [0.25, 0.3) is 0 Å². The first-order chi connectivity index (χ1) is 13.2. The molecule has 3 rings (SSSR count). The third-order valence-electron chi connectivity index (χ3n) is 6.20. The highest BCUT2D eigenvalue weighted by Gasteiger charge is 2.39. The van der Waals surface area contributed by atoms with E-state index in [-0.39, 0.29) is 11.6 Å². The number of aryl methyl sites for hydroxylation is 1. The predicted molar refractivity (Wildman–Crippen MR) is 110 cm³/mol. The van der Waals surface area contributed by atoms with Gasteiger partial charge in [-0.25, -0.2) is 4.79 Å². The average Bonchev–Trinajstić information content (AvgIpc) is 2.73. The first-order valence-electron chi connectivity index (χ1n) is 10.3. The molecule has 2 aliphatic rings. The van der Waals surface area contributed by atoms with Gasteiger partial charge in [-0.05, 0) is 43.7 Å². The van der Waals surface area contributed by atoms with E-state index in [1.54, 1.807) is 0 Å². The van der Waals surface area contributed by atoms with Gasteiger partial charge in [-0.3, -0.25) is 4.90 Å². The molecule has 0 bridgehead atoms. The standard InChI is InChI=1S/C22H33N3O2/c1-3-5-8-19-9-6-7-10-20(19)23-21(26)24-13-11-22(4-2,12-14-24)25-15-17-27-18-16-25/h3,6-7,9-10H,1,4-5,8,11-18H2,2H3,(H,23,26). The second-order valence-corrected chi connectivity index (χ2v) is 7.58. The lowest BCUT2D eigenvalue weighted by atomic mass is 9.83. The van der Waals surface area contributed by atoms with Crippen LogP contribution in [0.4, 0.5) is 10.5 Å². The molecular weight excluding hydrogens is 338 g/mol. The van der Waals surface area contributed by atoms with Crippen molar-refractivity contribution in [2.45, 2.75) is 44.6 Å². The van der Waals surface area contributed by atoms with Crippen LogP contribution in [-0.2, 0) is 11.2 Å². The highest BCUT2D eigenvalue weighted by molar-refractivity contribution is 5.90. The van der Waals surface area contributed by atoms with Crippen molar-refractivity contribution in [3.05, 3.63) is 42.5 Å². The molecule has 27 heavy (non-hydrogen) atoms. The molecule has 0 radical (unpaired) electrons. The maximum Gasteiger partial charge on any atom is 0.321 e. The minimum absolute atomic E-state index is 0.0210. The molecule has 5 heteroatoms. The lowest BCUT2D eigenvalue weighted by molar-refractivity contribution is -0.0449. The molecule has 0 unspecified atom stereocenters. The molecule has 0 atom stereocenters. The van der Waals surface area contributed by atoms with Crippen LogP contribution in [0.15, 0.2) is 36.9 Å². The third-order valence-corrected chi connectivity index (χ3v) is 6.20. The van der Waals surface area contributed by atoms with Crippen LogP contribution in [0, 0.1) is 0 Å². The number of nitrogens with one attached hydrogen (secondary N) is 1.